The number of nitrogens with zero attached hydrogens (tertiary/aromatic N) is 3. The van der Waals surface area contributed by atoms with Crippen LogP contribution >= 0.6 is 0 Å². The van der Waals surface area contributed by atoms with Crippen molar-refractivity contribution in [3.63, 3.8) is 0 Å². The molecule has 110 valence electrons. The van der Waals surface area contributed by atoms with Crippen LogP contribution in [0.3, 0.4) is 0 Å². The van der Waals surface area contributed by atoms with Crippen molar-refractivity contribution < 1.29 is 9.47 Å². The van der Waals surface area contributed by atoms with E-state index in [1.807, 2.05) is 6.07 Å². The molecule has 3 rings (SSSR count). The molecule has 1 atom stereocenters. The fourth-order valence-electron chi connectivity index (χ4n) is 2.63. The van der Waals surface area contributed by atoms with Gasteiger partial charge in [-0.05, 0) is 18.8 Å². The lowest BCUT2D eigenvalue weighted by Crippen LogP contribution is -2.36. The molecule has 2 aliphatic heterocycles. The number of hydrogen-bond donors (Lipinski definition) is 1. The van der Waals surface area contributed by atoms with Crippen LogP contribution in [0.15, 0.2) is 12.4 Å². The summed E-state index contributed by atoms with van der Waals surface area (Å²) in [5.74, 6) is 2.46. The average Bonchev–Trinajstić information content (AvgIpc) is 2.55. The Morgan fingerprint density at radius 2 is 2.10 bits per heavy atom. The molecule has 2 saturated heterocycles. The minimum atomic E-state index is 0.588. The summed E-state index contributed by atoms with van der Waals surface area (Å²) in [7, 11) is 0. The smallest absolute Gasteiger partial charge is 0.134 e. The maximum absolute atomic E-state index is 5.49. The predicted molar refractivity (Wildman–Crippen MR) is 77.1 cm³/mol. The molecule has 6 heteroatoms. The zero-order chi connectivity index (χ0) is 13.6. The van der Waals surface area contributed by atoms with Crippen LogP contribution in [-0.4, -0.2) is 56.0 Å². The fraction of sp³-hybridized carbons (Fsp3) is 0.714. The van der Waals surface area contributed by atoms with Crippen LogP contribution in [0, 0.1) is 5.92 Å². The van der Waals surface area contributed by atoms with Crippen LogP contribution in [0.2, 0.25) is 0 Å². The number of aromatic nitrogens is 2. The van der Waals surface area contributed by atoms with Gasteiger partial charge in [-0.15, -0.1) is 0 Å². The van der Waals surface area contributed by atoms with Crippen LogP contribution in [-0.2, 0) is 9.47 Å². The van der Waals surface area contributed by atoms with Gasteiger partial charge < -0.3 is 19.7 Å². The lowest BCUT2D eigenvalue weighted by molar-refractivity contribution is 0.0595. The maximum atomic E-state index is 5.49. The van der Waals surface area contributed by atoms with Crippen molar-refractivity contribution in [2.24, 2.45) is 5.92 Å². The average molecular weight is 278 g/mol. The Hall–Kier alpha value is -1.40. The van der Waals surface area contributed by atoms with Crippen molar-refractivity contribution in [1.82, 2.24) is 9.97 Å². The van der Waals surface area contributed by atoms with Crippen LogP contribution in [0.5, 0.6) is 0 Å². The Balaban J connectivity index is 1.56. The second kappa shape index (κ2) is 6.85. The Morgan fingerprint density at radius 3 is 2.90 bits per heavy atom. The van der Waals surface area contributed by atoms with Crippen molar-refractivity contribution >= 4 is 11.6 Å². The molecule has 0 saturated carbocycles. The molecule has 2 fully saturated rings. The first-order valence-corrected chi connectivity index (χ1v) is 7.38. The highest BCUT2D eigenvalue weighted by atomic mass is 16.5. The van der Waals surface area contributed by atoms with Gasteiger partial charge in [0.2, 0.25) is 0 Å². The Morgan fingerprint density at radius 1 is 1.20 bits per heavy atom. The molecule has 2 aliphatic rings. The molecule has 1 N–H and O–H groups in total. The molecular weight excluding hydrogens is 256 g/mol. The molecule has 0 aromatic carbocycles. The normalized spacial score (nSPS) is 23.6. The summed E-state index contributed by atoms with van der Waals surface area (Å²) in [5, 5.41) is 3.40. The van der Waals surface area contributed by atoms with Gasteiger partial charge in [0.1, 0.15) is 18.0 Å². The first-order valence-electron chi connectivity index (χ1n) is 7.38. The number of nitrogens with one attached hydrogen (secondary N) is 1. The van der Waals surface area contributed by atoms with E-state index in [2.05, 4.69) is 20.2 Å². The van der Waals surface area contributed by atoms with Gasteiger partial charge in [-0.3, -0.25) is 0 Å². The minimum Gasteiger partial charge on any atom is -0.381 e. The van der Waals surface area contributed by atoms with Crippen LogP contribution in [0.4, 0.5) is 11.6 Å². The molecule has 0 bridgehead atoms. The number of anilines is 2. The molecule has 0 amide bonds. The third-order valence-electron chi connectivity index (χ3n) is 3.81. The highest BCUT2D eigenvalue weighted by Gasteiger charge is 2.15. The Kier molecular flexibility index (Phi) is 4.65. The summed E-state index contributed by atoms with van der Waals surface area (Å²) < 4.78 is 10.9. The van der Waals surface area contributed by atoms with Gasteiger partial charge in [-0.2, -0.15) is 0 Å². The molecule has 0 aliphatic carbocycles. The number of rotatable bonds is 4. The molecule has 1 aromatic rings. The molecule has 20 heavy (non-hydrogen) atoms. The predicted octanol–water partition coefficient (Wildman–Crippen LogP) is 1.15. The summed E-state index contributed by atoms with van der Waals surface area (Å²) >= 11 is 0. The Labute approximate surface area is 119 Å². The zero-order valence-corrected chi connectivity index (χ0v) is 11.8. The van der Waals surface area contributed by atoms with Gasteiger partial charge in [0.15, 0.2) is 0 Å². The first-order chi connectivity index (χ1) is 9.92. The van der Waals surface area contributed by atoms with Crippen molar-refractivity contribution in [3.05, 3.63) is 12.4 Å². The van der Waals surface area contributed by atoms with Crippen LogP contribution in [0.1, 0.15) is 12.8 Å². The van der Waals surface area contributed by atoms with Gasteiger partial charge in [0.25, 0.3) is 0 Å². The number of morpholine rings is 1. The van der Waals surface area contributed by atoms with Crippen molar-refractivity contribution in [1.29, 1.82) is 0 Å². The number of hydrogen-bond acceptors (Lipinski definition) is 6. The third-order valence-corrected chi connectivity index (χ3v) is 3.81. The summed E-state index contributed by atoms with van der Waals surface area (Å²) in [6.45, 7) is 6.01. The SMILES string of the molecule is c1nc(NCC2CCCOC2)cc(N2CCOCC2)n1. The van der Waals surface area contributed by atoms with Gasteiger partial charge in [-0.1, -0.05) is 0 Å². The van der Waals surface area contributed by atoms with E-state index < -0.39 is 0 Å². The van der Waals surface area contributed by atoms with Gasteiger partial charge in [-0.25, -0.2) is 9.97 Å². The van der Waals surface area contributed by atoms with Crippen LogP contribution < -0.4 is 10.2 Å². The lowest BCUT2D eigenvalue weighted by Gasteiger charge is -2.28. The molecule has 6 nitrogen and oxygen atoms in total. The molecule has 0 radical (unpaired) electrons. The second-order valence-electron chi connectivity index (χ2n) is 5.32. The van der Waals surface area contributed by atoms with E-state index in [1.165, 1.54) is 6.42 Å². The van der Waals surface area contributed by atoms with Gasteiger partial charge >= 0.3 is 0 Å². The van der Waals surface area contributed by atoms with Crippen molar-refractivity contribution in [2.75, 3.05) is 56.3 Å². The topological polar surface area (TPSA) is 59.5 Å². The Bertz CT molecular complexity index is 417. The van der Waals surface area contributed by atoms with E-state index in [4.69, 9.17) is 9.47 Å². The van der Waals surface area contributed by atoms with Crippen LogP contribution in [0.25, 0.3) is 0 Å². The molecular formula is C14H22N4O2. The largest absolute Gasteiger partial charge is 0.381 e. The second-order valence-corrected chi connectivity index (χ2v) is 5.32. The van der Waals surface area contributed by atoms with Crippen molar-refractivity contribution in [3.8, 4) is 0 Å². The molecule has 0 spiro atoms. The number of ether oxygens (including phenoxy) is 2. The van der Waals surface area contributed by atoms with Gasteiger partial charge in [0.05, 0.1) is 19.8 Å². The molecule has 1 aromatic heterocycles. The van der Waals surface area contributed by atoms with Crippen molar-refractivity contribution in [2.45, 2.75) is 12.8 Å². The highest BCUT2D eigenvalue weighted by molar-refractivity contribution is 5.48. The lowest BCUT2D eigenvalue weighted by atomic mass is 10.0. The zero-order valence-electron chi connectivity index (χ0n) is 11.8. The third kappa shape index (κ3) is 3.58. The van der Waals surface area contributed by atoms with E-state index in [1.54, 1.807) is 6.33 Å². The quantitative estimate of drug-likeness (QED) is 0.891. The highest BCUT2D eigenvalue weighted by Crippen LogP contribution is 2.17. The standard InChI is InChI=1S/C14H22N4O2/c1-2-12(10-20-5-1)9-15-13-8-14(17-11-16-13)18-3-6-19-7-4-18/h8,11-12H,1-7,9-10H2,(H,15,16,17). The summed E-state index contributed by atoms with van der Waals surface area (Å²) in [6, 6.07) is 2.02. The molecule has 3 heterocycles. The summed E-state index contributed by atoms with van der Waals surface area (Å²) in [5.41, 5.74) is 0. The summed E-state index contributed by atoms with van der Waals surface area (Å²) in [4.78, 5) is 10.9. The van der Waals surface area contributed by atoms with E-state index >= 15 is 0 Å². The van der Waals surface area contributed by atoms with Gasteiger partial charge in [0, 0.05) is 32.3 Å². The monoisotopic (exact) mass is 278 g/mol. The van der Waals surface area contributed by atoms with E-state index in [0.29, 0.717) is 5.92 Å². The maximum Gasteiger partial charge on any atom is 0.134 e. The fourth-order valence-corrected chi connectivity index (χ4v) is 2.63. The molecule has 1 unspecified atom stereocenters. The first kappa shape index (κ1) is 13.6. The van der Waals surface area contributed by atoms with E-state index in [-0.39, 0.29) is 0 Å². The minimum absolute atomic E-state index is 0.588. The summed E-state index contributed by atoms with van der Waals surface area (Å²) in [6.07, 6.45) is 4.02. The van der Waals surface area contributed by atoms with E-state index in [0.717, 1.165) is 64.1 Å². The van der Waals surface area contributed by atoms with E-state index in [9.17, 15) is 0 Å².